The van der Waals surface area contributed by atoms with Gasteiger partial charge in [-0.1, -0.05) is 59.6 Å². The lowest BCUT2D eigenvalue weighted by Crippen LogP contribution is -2.32. The number of tetrazole rings is 1. The molecule has 11 heteroatoms. The number of nitrogens with zero attached hydrogens (tertiary/aromatic N) is 7. The number of rotatable bonds is 6. The van der Waals surface area contributed by atoms with Crippen molar-refractivity contribution in [3.05, 3.63) is 93.7 Å². The van der Waals surface area contributed by atoms with Gasteiger partial charge in [0.2, 0.25) is 0 Å². The van der Waals surface area contributed by atoms with E-state index in [0.29, 0.717) is 5.69 Å². The molecule has 5 aromatic rings. The Morgan fingerprint density at radius 2 is 1.74 bits per heavy atom. The van der Waals surface area contributed by atoms with E-state index >= 15 is 0 Å². The van der Waals surface area contributed by atoms with Crippen molar-refractivity contribution >= 4 is 40.1 Å². The first-order valence-electron chi connectivity index (χ1n) is 10.4. The minimum absolute atomic E-state index is 0.168. The van der Waals surface area contributed by atoms with Crippen LogP contribution < -0.4 is 5.32 Å². The third kappa shape index (κ3) is 4.35. The predicted molar refractivity (Wildman–Crippen MR) is 128 cm³/mol. The zero-order valence-electron chi connectivity index (χ0n) is 17.9. The van der Waals surface area contributed by atoms with Gasteiger partial charge < -0.3 is 5.32 Å². The molecule has 0 spiro atoms. The van der Waals surface area contributed by atoms with Gasteiger partial charge in [0, 0.05) is 6.54 Å². The molecule has 0 saturated carbocycles. The van der Waals surface area contributed by atoms with Crippen LogP contribution in [0.5, 0.6) is 0 Å². The molecular weight excluding hydrogens is 475 g/mol. The van der Waals surface area contributed by atoms with E-state index in [9.17, 15) is 4.79 Å². The minimum atomic E-state index is -0.410. The Morgan fingerprint density at radius 1 is 1.00 bits per heavy atom. The first kappa shape index (κ1) is 22.0. The Hall–Kier alpha value is -3.82. The summed E-state index contributed by atoms with van der Waals surface area (Å²) < 4.78 is 1.40. The van der Waals surface area contributed by atoms with Gasteiger partial charge in [0.25, 0.3) is 5.91 Å². The molecule has 9 nitrogen and oxygen atoms in total. The van der Waals surface area contributed by atoms with Crippen LogP contribution in [-0.2, 0) is 0 Å². The summed E-state index contributed by atoms with van der Waals surface area (Å²) >= 11 is 12.8. The van der Waals surface area contributed by atoms with Crippen molar-refractivity contribution in [3.8, 4) is 5.69 Å². The van der Waals surface area contributed by atoms with E-state index in [1.165, 1.54) is 11.0 Å². The lowest BCUT2D eigenvalue weighted by Gasteiger charge is -2.18. The molecule has 3 aromatic carbocycles. The van der Waals surface area contributed by atoms with Gasteiger partial charge in [0.15, 0.2) is 0 Å². The Morgan fingerprint density at radius 3 is 2.44 bits per heavy atom. The number of benzene rings is 3. The number of aryl methyl sites for hydroxylation is 1. The number of hydrogen-bond donors (Lipinski definition) is 1. The third-order valence-electron chi connectivity index (χ3n) is 5.34. The van der Waals surface area contributed by atoms with Gasteiger partial charge in [-0.05, 0) is 52.7 Å². The van der Waals surface area contributed by atoms with Crippen molar-refractivity contribution in [2.24, 2.45) is 0 Å². The SMILES string of the molecule is Cc1ccc2nn([C@@H](CNC(=O)c3c(Cl)cc(-n4cnnn4)cc3Cl)c3ccccc3)nc2c1. The molecule has 1 atom stereocenters. The van der Waals surface area contributed by atoms with Crippen molar-refractivity contribution in [1.29, 1.82) is 0 Å². The Bertz CT molecular complexity index is 1440. The normalized spacial score (nSPS) is 12.1. The summed E-state index contributed by atoms with van der Waals surface area (Å²) in [6, 6.07) is 18.5. The molecular formula is C23H18Cl2N8O. The first-order valence-corrected chi connectivity index (χ1v) is 11.1. The van der Waals surface area contributed by atoms with Crippen LogP contribution in [0.4, 0.5) is 0 Å². The first-order chi connectivity index (χ1) is 16.5. The summed E-state index contributed by atoms with van der Waals surface area (Å²) in [6.45, 7) is 2.23. The number of halogens is 2. The topological polar surface area (TPSA) is 103 Å². The Kier molecular flexibility index (Phi) is 5.95. The van der Waals surface area contributed by atoms with Crippen molar-refractivity contribution in [3.63, 3.8) is 0 Å². The molecule has 0 fully saturated rings. The van der Waals surface area contributed by atoms with E-state index in [2.05, 4.69) is 31.0 Å². The maximum Gasteiger partial charge on any atom is 0.254 e. The lowest BCUT2D eigenvalue weighted by atomic mass is 10.1. The van der Waals surface area contributed by atoms with Gasteiger partial charge in [-0.2, -0.15) is 15.0 Å². The third-order valence-corrected chi connectivity index (χ3v) is 5.93. The molecule has 0 radical (unpaired) electrons. The van der Waals surface area contributed by atoms with Crippen LogP contribution >= 0.6 is 23.2 Å². The summed E-state index contributed by atoms with van der Waals surface area (Å²) in [5, 5.41) is 23.6. The second-order valence-electron chi connectivity index (χ2n) is 7.69. The van der Waals surface area contributed by atoms with Crippen LogP contribution in [0.15, 0.2) is 67.0 Å². The molecule has 0 saturated heterocycles. The quantitative estimate of drug-likeness (QED) is 0.383. The smallest absolute Gasteiger partial charge is 0.254 e. The van der Waals surface area contributed by atoms with Gasteiger partial charge in [-0.15, -0.1) is 5.10 Å². The van der Waals surface area contributed by atoms with Crippen LogP contribution in [0.2, 0.25) is 10.0 Å². The number of amides is 1. The molecule has 2 aromatic heterocycles. The van der Waals surface area contributed by atoms with E-state index in [0.717, 1.165) is 22.2 Å². The fraction of sp³-hybridized carbons (Fsp3) is 0.130. The predicted octanol–water partition coefficient (Wildman–Crippen LogP) is 4.04. The molecule has 0 aliphatic heterocycles. The van der Waals surface area contributed by atoms with Gasteiger partial charge in [-0.25, -0.2) is 4.68 Å². The molecule has 5 rings (SSSR count). The standard InChI is InChI=1S/C23H18Cl2N8O/c1-14-7-8-19-20(9-14)29-33(28-19)21(15-5-3-2-4-6-15)12-26-23(34)22-17(24)10-16(11-18(22)25)32-13-27-30-31-32/h2-11,13,21H,12H2,1H3,(H,26,34)/t21-/m0/s1. The zero-order chi connectivity index (χ0) is 23.7. The fourth-order valence-corrected chi connectivity index (χ4v) is 4.30. The summed E-state index contributed by atoms with van der Waals surface area (Å²) in [4.78, 5) is 14.7. The molecule has 0 bridgehead atoms. The Balaban J connectivity index is 1.43. The van der Waals surface area contributed by atoms with Crippen LogP contribution in [-0.4, -0.2) is 47.7 Å². The van der Waals surface area contributed by atoms with Crippen molar-refractivity contribution in [2.75, 3.05) is 6.54 Å². The minimum Gasteiger partial charge on any atom is -0.349 e. The fourth-order valence-electron chi connectivity index (χ4n) is 3.65. The number of hydrogen-bond acceptors (Lipinski definition) is 6. The molecule has 34 heavy (non-hydrogen) atoms. The van der Waals surface area contributed by atoms with Gasteiger partial charge in [-0.3, -0.25) is 4.79 Å². The monoisotopic (exact) mass is 492 g/mol. The summed E-state index contributed by atoms with van der Waals surface area (Å²) in [5.74, 6) is -0.410. The van der Waals surface area contributed by atoms with Gasteiger partial charge in [0.1, 0.15) is 23.4 Å². The maximum atomic E-state index is 13.1. The summed E-state index contributed by atoms with van der Waals surface area (Å²) in [5.41, 5.74) is 4.32. The molecule has 0 aliphatic rings. The van der Waals surface area contributed by atoms with E-state index in [4.69, 9.17) is 23.2 Å². The van der Waals surface area contributed by atoms with E-state index in [1.54, 1.807) is 16.9 Å². The number of carbonyl (C=O) groups is 1. The van der Waals surface area contributed by atoms with Gasteiger partial charge in [0.05, 0.1) is 21.3 Å². The number of carbonyl (C=O) groups excluding carboxylic acids is 1. The summed E-state index contributed by atoms with van der Waals surface area (Å²) in [6.07, 6.45) is 1.41. The van der Waals surface area contributed by atoms with E-state index < -0.39 is 5.91 Å². The van der Waals surface area contributed by atoms with Crippen LogP contribution in [0.25, 0.3) is 16.7 Å². The average Bonchev–Trinajstić information content (AvgIpc) is 3.49. The van der Waals surface area contributed by atoms with Crippen molar-refractivity contribution in [1.82, 2.24) is 40.5 Å². The molecule has 0 unspecified atom stereocenters. The number of fused-ring (bicyclic) bond motifs is 1. The van der Waals surface area contributed by atoms with Crippen LogP contribution in [0, 0.1) is 6.92 Å². The van der Waals surface area contributed by atoms with Crippen LogP contribution in [0.3, 0.4) is 0 Å². The zero-order valence-corrected chi connectivity index (χ0v) is 19.4. The maximum absolute atomic E-state index is 13.1. The molecule has 1 amide bonds. The number of aromatic nitrogens is 7. The van der Waals surface area contributed by atoms with Crippen molar-refractivity contribution in [2.45, 2.75) is 13.0 Å². The van der Waals surface area contributed by atoms with E-state index in [-0.39, 0.29) is 28.2 Å². The average molecular weight is 493 g/mol. The number of nitrogens with one attached hydrogen (secondary N) is 1. The van der Waals surface area contributed by atoms with Crippen molar-refractivity contribution < 1.29 is 4.79 Å². The summed E-state index contributed by atoms with van der Waals surface area (Å²) in [7, 11) is 0. The second-order valence-corrected chi connectivity index (χ2v) is 8.50. The highest BCUT2D eigenvalue weighted by Gasteiger charge is 2.22. The van der Waals surface area contributed by atoms with Crippen LogP contribution in [0.1, 0.15) is 27.5 Å². The Labute approximate surface area is 204 Å². The van der Waals surface area contributed by atoms with E-state index in [1.807, 2.05) is 55.5 Å². The molecule has 1 N–H and O–H groups in total. The largest absolute Gasteiger partial charge is 0.349 e. The molecule has 0 aliphatic carbocycles. The highest BCUT2D eigenvalue weighted by molar-refractivity contribution is 6.40. The molecule has 2 heterocycles. The second kappa shape index (κ2) is 9.20. The van der Waals surface area contributed by atoms with Gasteiger partial charge >= 0.3 is 0 Å². The highest BCUT2D eigenvalue weighted by Crippen LogP contribution is 2.28. The lowest BCUT2D eigenvalue weighted by molar-refractivity contribution is 0.0949. The molecule has 170 valence electrons. The highest BCUT2D eigenvalue weighted by atomic mass is 35.5.